The maximum Gasteiger partial charge on any atom is 0.173 e. The highest BCUT2D eigenvalue weighted by Crippen LogP contribution is 2.27. The Bertz CT molecular complexity index is 354. The standard InChI is InChI=1S/C12H19ClN2O2/c1-15(2)11-6-5-9(13)7-10(11)14-8-12(16-3)17-4/h5-7,12,14H,8H2,1-4H3. The van der Waals surface area contributed by atoms with E-state index < -0.39 is 0 Å². The maximum absolute atomic E-state index is 5.98. The van der Waals surface area contributed by atoms with Gasteiger partial charge in [-0.25, -0.2) is 0 Å². The molecule has 4 nitrogen and oxygen atoms in total. The first-order valence-electron chi connectivity index (χ1n) is 5.34. The Labute approximate surface area is 107 Å². The first kappa shape index (κ1) is 14.1. The van der Waals surface area contributed by atoms with Crippen LogP contribution in [0.3, 0.4) is 0 Å². The van der Waals surface area contributed by atoms with Crippen LogP contribution in [0.15, 0.2) is 18.2 Å². The summed E-state index contributed by atoms with van der Waals surface area (Å²) in [5.41, 5.74) is 2.03. The van der Waals surface area contributed by atoms with Crippen LogP contribution >= 0.6 is 11.6 Å². The zero-order valence-electron chi connectivity index (χ0n) is 10.7. The molecule has 0 spiro atoms. The molecule has 0 saturated carbocycles. The third-order valence-corrected chi connectivity index (χ3v) is 2.66. The smallest absolute Gasteiger partial charge is 0.173 e. The fourth-order valence-electron chi connectivity index (χ4n) is 1.50. The van der Waals surface area contributed by atoms with Crippen molar-refractivity contribution >= 4 is 23.0 Å². The monoisotopic (exact) mass is 258 g/mol. The second kappa shape index (κ2) is 6.69. The van der Waals surface area contributed by atoms with Gasteiger partial charge in [0.1, 0.15) is 0 Å². The molecular weight excluding hydrogens is 240 g/mol. The number of ether oxygens (including phenoxy) is 2. The van der Waals surface area contributed by atoms with Crippen molar-refractivity contribution in [2.75, 3.05) is 45.1 Å². The number of methoxy groups -OCH3 is 2. The summed E-state index contributed by atoms with van der Waals surface area (Å²) in [6.45, 7) is 0.564. The van der Waals surface area contributed by atoms with Gasteiger partial charge < -0.3 is 19.7 Å². The summed E-state index contributed by atoms with van der Waals surface area (Å²) < 4.78 is 10.2. The van der Waals surface area contributed by atoms with Gasteiger partial charge in [0.15, 0.2) is 6.29 Å². The highest BCUT2D eigenvalue weighted by molar-refractivity contribution is 6.31. The third-order valence-electron chi connectivity index (χ3n) is 2.43. The van der Waals surface area contributed by atoms with Crippen molar-refractivity contribution in [1.29, 1.82) is 0 Å². The first-order valence-corrected chi connectivity index (χ1v) is 5.72. The SMILES string of the molecule is COC(CNc1cc(Cl)ccc1N(C)C)OC. The molecule has 96 valence electrons. The topological polar surface area (TPSA) is 33.7 Å². The van der Waals surface area contributed by atoms with Crippen molar-refractivity contribution in [2.45, 2.75) is 6.29 Å². The van der Waals surface area contributed by atoms with Crippen molar-refractivity contribution in [3.63, 3.8) is 0 Å². The number of hydrogen-bond acceptors (Lipinski definition) is 4. The molecule has 0 saturated heterocycles. The summed E-state index contributed by atoms with van der Waals surface area (Å²) >= 11 is 5.98. The first-order chi connectivity index (χ1) is 8.08. The van der Waals surface area contributed by atoms with E-state index in [-0.39, 0.29) is 6.29 Å². The largest absolute Gasteiger partial charge is 0.378 e. The summed E-state index contributed by atoms with van der Waals surface area (Å²) in [6.07, 6.45) is -0.274. The predicted molar refractivity (Wildman–Crippen MR) is 72.1 cm³/mol. The second-order valence-corrected chi connectivity index (χ2v) is 4.27. The molecule has 0 aromatic heterocycles. The van der Waals surface area contributed by atoms with E-state index in [9.17, 15) is 0 Å². The molecule has 1 rings (SSSR count). The Morgan fingerprint density at radius 3 is 2.47 bits per heavy atom. The average molecular weight is 259 g/mol. The van der Waals surface area contributed by atoms with Crippen molar-refractivity contribution in [3.05, 3.63) is 23.2 Å². The van der Waals surface area contributed by atoms with E-state index in [2.05, 4.69) is 5.32 Å². The lowest BCUT2D eigenvalue weighted by atomic mass is 10.2. The number of hydrogen-bond donors (Lipinski definition) is 1. The molecule has 0 amide bonds. The van der Waals surface area contributed by atoms with Gasteiger partial charge in [-0.1, -0.05) is 11.6 Å². The average Bonchev–Trinajstić information content (AvgIpc) is 2.30. The van der Waals surface area contributed by atoms with Crippen LogP contribution in [0.4, 0.5) is 11.4 Å². The lowest BCUT2D eigenvalue weighted by Crippen LogP contribution is -2.24. The minimum atomic E-state index is -0.274. The Hall–Kier alpha value is -0.970. The highest BCUT2D eigenvalue weighted by Gasteiger charge is 2.08. The van der Waals surface area contributed by atoms with Gasteiger partial charge in [-0.05, 0) is 18.2 Å². The Balaban J connectivity index is 2.78. The van der Waals surface area contributed by atoms with Crippen molar-refractivity contribution < 1.29 is 9.47 Å². The van der Waals surface area contributed by atoms with Gasteiger partial charge >= 0.3 is 0 Å². The minimum Gasteiger partial charge on any atom is -0.378 e. The molecule has 0 radical (unpaired) electrons. The van der Waals surface area contributed by atoms with E-state index in [4.69, 9.17) is 21.1 Å². The highest BCUT2D eigenvalue weighted by atomic mass is 35.5. The van der Waals surface area contributed by atoms with Gasteiger partial charge in [0.05, 0.1) is 17.9 Å². The molecule has 0 unspecified atom stereocenters. The Morgan fingerprint density at radius 2 is 1.94 bits per heavy atom. The molecule has 1 aromatic carbocycles. The van der Waals surface area contributed by atoms with Crippen LogP contribution in [0, 0.1) is 0 Å². The van der Waals surface area contributed by atoms with E-state index in [1.807, 2.05) is 37.2 Å². The molecule has 0 bridgehead atoms. The fourth-order valence-corrected chi connectivity index (χ4v) is 1.67. The van der Waals surface area contributed by atoms with E-state index in [0.717, 1.165) is 11.4 Å². The van der Waals surface area contributed by atoms with Gasteiger partial charge in [0.2, 0.25) is 0 Å². The molecule has 1 N–H and O–H groups in total. The van der Waals surface area contributed by atoms with Gasteiger partial charge in [-0.15, -0.1) is 0 Å². The van der Waals surface area contributed by atoms with Crippen molar-refractivity contribution in [1.82, 2.24) is 0 Å². The molecule has 0 aliphatic carbocycles. The summed E-state index contributed by atoms with van der Waals surface area (Å²) in [5, 5.41) is 3.96. The van der Waals surface area contributed by atoms with Gasteiger partial charge in [0.25, 0.3) is 0 Å². The van der Waals surface area contributed by atoms with Gasteiger partial charge in [-0.3, -0.25) is 0 Å². The quantitative estimate of drug-likeness (QED) is 0.795. The molecule has 0 aliphatic heterocycles. The minimum absolute atomic E-state index is 0.274. The molecule has 5 heteroatoms. The summed E-state index contributed by atoms with van der Waals surface area (Å²) in [6, 6.07) is 5.73. The zero-order valence-corrected chi connectivity index (χ0v) is 11.4. The number of anilines is 2. The van der Waals surface area contributed by atoms with Crippen LogP contribution in [0.25, 0.3) is 0 Å². The Morgan fingerprint density at radius 1 is 1.29 bits per heavy atom. The fraction of sp³-hybridized carbons (Fsp3) is 0.500. The van der Waals surface area contributed by atoms with Crippen LogP contribution in [-0.2, 0) is 9.47 Å². The molecule has 0 aliphatic rings. The zero-order chi connectivity index (χ0) is 12.8. The molecule has 0 atom stereocenters. The number of nitrogens with one attached hydrogen (secondary N) is 1. The molecule has 17 heavy (non-hydrogen) atoms. The van der Waals surface area contributed by atoms with Gasteiger partial charge in [0, 0.05) is 33.3 Å². The molecule has 0 fully saturated rings. The van der Waals surface area contributed by atoms with E-state index in [1.54, 1.807) is 14.2 Å². The Kier molecular flexibility index (Phi) is 5.55. The molecule has 1 aromatic rings. The van der Waals surface area contributed by atoms with Crippen LogP contribution in [0.2, 0.25) is 5.02 Å². The predicted octanol–water partition coefficient (Wildman–Crippen LogP) is 2.44. The molecular formula is C12H19ClN2O2. The van der Waals surface area contributed by atoms with Crippen LogP contribution in [0.5, 0.6) is 0 Å². The van der Waals surface area contributed by atoms with Gasteiger partial charge in [-0.2, -0.15) is 0 Å². The van der Waals surface area contributed by atoms with E-state index in [0.29, 0.717) is 11.6 Å². The number of nitrogens with zero attached hydrogens (tertiary/aromatic N) is 1. The number of benzene rings is 1. The van der Waals surface area contributed by atoms with Crippen LogP contribution in [0.1, 0.15) is 0 Å². The lowest BCUT2D eigenvalue weighted by Gasteiger charge is -2.21. The van der Waals surface area contributed by atoms with E-state index in [1.165, 1.54) is 0 Å². The van der Waals surface area contributed by atoms with Crippen molar-refractivity contribution in [3.8, 4) is 0 Å². The summed E-state index contributed by atoms with van der Waals surface area (Å²) in [4.78, 5) is 2.02. The third kappa shape index (κ3) is 4.07. The number of halogens is 1. The summed E-state index contributed by atoms with van der Waals surface area (Å²) in [5.74, 6) is 0. The maximum atomic E-state index is 5.98. The normalized spacial score (nSPS) is 10.7. The lowest BCUT2D eigenvalue weighted by molar-refractivity contribution is -0.0914. The van der Waals surface area contributed by atoms with Crippen molar-refractivity contribution in [2.24, 2.45) is 0 Å². The van der Waals surface area contributed by atoms with E-state index >= 15 is 0 Å². The summed E-state index contributed by atoms with van der Waals surface area (Å²) in [7, 11) is 7.19. The van der Waals surface area contributed by atoms with Crippen LogP contribution in [-0.4, -0.2) is 41.1 Å². The number of rotatable bonds is 6. The second-order valence-electron chi connectivity index (χ2n) is 3.84. The van der Waals surface area contributed by atoms with Crippen LogP contribution < -0.4 is 10.2 Å². The molecule has 0 heterocycles.